The minimum Gasteiger partial charge on any atom is -0.507 e. The van der Waals surface area contributed by atoms with Gasteiger partial charge in [-0.15, -0.1) is 0 Å². The number of nitrogens with one attached hydrogen (secondary N) is 1. The number of anilines is 1. The Morgan fingerprint density at radius 3 is 2.55 bits per heavy atom. The van der Waals surface area contributed by atoms with E-state index in [1.807, 2.05) is 22.6 Å². The molecule has 0 aliphatic carbocycles. The molecule has 0 aliphatic heterocycles. The second-order valence-corrected chi connectivity index (χ2v) is 4.84. The zero-order valence-electron chi connectivity index (χ0n) is 9.87. The van der Waals surface area contributed by atoms with Crippen LogP contribution >= 0.6 is 22.6 Å². The van der Waals surface area contributed by atoms with Crippen LogP contribution in [0, 0.1) is 3.57 Å². The molecule has 1 aromatic carbocycles. The summed E-state index contributed by atoms with van der Waals surface area (Å²) in [7, 11) is 0. The summed E-state index contributed by atoms with van der Waals surface area (Å²) in [4.78, 5) is 30.3. The maximum atomic E-state index is 12.0. The van der Waals surface area contributed by atoms with Gasteiger partial charge in [0, 0.05) is 18.0 Å². The molecule has 0 fully saturated rings. The Labute approximate surface area is 126 Å². The fourth-order valence-corrected chi connectivity index (χ4v) is 1.76. The first-order valence-corrected chi connectivity index (χ1v) is 6.41. The smallest absolute Gasteiger partial charge is 0.358 e. The van der Waals surface area contributed by atoms with Crippen molar-refractivity contribution in [1.29, 1.82) is 0 Å². The monoisotopic (exact) mass is 385 g/mol. The highest BCUT2D eigenvalue weighted by Crippen LogP contribution is 2.21. The summed E-state index contributed by atoms with van der Waals surface area (Å²) in [5, 5.41) is 20.8. The molecule has 2 aromatic rings. The van der Waals surface area contributed by atoms with E-state index in [1.54, 1.807) is 6.07 Å². The van der Waals surface area contributed by atoms with E-state index < -0.39 is 11.9 Å². The van der Waals surface area contributed by atoms with Gasteiger partial charge in [0.25, 0.3) is 5.91 Å². The molecule has 102 valence electrons. The van der Waals surface area contributed by atoms with E-state index in [-0.39, 0.29) is 22.8 Å². The molecule has 3 N–H and O–H groups in total. The van der Waals surface area contributed by atoms with E-state index in [0.717, 1.165) is 0 Å². The van der Waals surface area contributed by atoms with E-state index >= 15 is 0 Å². The van der Waals surface area contributed by atoms with E-state index in [9.17, 15) is 14.7 Å². The molecule has 1 heterocycles. The van der Waals surface area contributed by atoms with Gasteiger partial charge in [-0.05, 0) is 40.8 Å². The molecule has 1 aromatic heterocycles. The van der Waals surface area contributed by atoms with E-state index in [2.05, 4.69) is 15.3 Å². The number of carboxylic acids is 1. The number of phenolic OH excluding ortho intramolecular Hbond substituents is 1. The van der Waals surface area contributed by atoms with Gasteiger partial charge in [0.1, 0.15) is 5.75 Å². The molecule has 0 unspecified atom stereocenters. The van der Waals surface area contributed by atoms with Crippen LogP contribution in [0.1, 0.15) is 20.8 Å². The zero-order chi connectivity index (χ0) is 14.7. The van der Waals surface area contributed by atoms with Crippen molar-refractivity contribution in [3.8, 4) is 5.75 Å². The highest BCUT2D eigenvalue weighted by molar-refractivity contribution is 14.1. The van der Waals surface area contributed by atoms with Crippen LogP contribution in [0.2, 0.25) is 0 Å². The summed E-state index contributed by atoms with van der Waals surface area (Å²) >= 11 is 1.92. The maximum Gasteiger partial charge on any atom is 0.358 e. The number of benzene rings is 1. The van der Waals surface area contributed by atoms with E-state index in [4.69, 9.17) is 5.11 Å². The van der Waals surface area contributed by atoms with Gasteiger partial charge in [-0.25, -0.2) is 14.8 Å². The lowest BCUT2D eigenvalue weighted by atomic mass is 10.2. The Balaban J connectivity index is 2.28. The second kappa shape index (κ2) is 5.82. The quantitative estimate of drug-likeness (QED) is 0.694. The molecule has 0 spiro atoms. The number of nitrogens with zero attached hydrogens (tertiary/aromatic N) is 2. The number of aromatic carboxylic acids is 1. The molecule has 0 saturated carbocycles. The Bertz CT molecular complexity index is 690. The van der Waals surface area contributed by atoms with Crippen molar-refractivity contribution in [3.05, 3.63) is 45.4 Å². The number of halogens is 1. The number of hydrogen-bond acceptors (Lipinski definition) is 5. The van der Waals surface area contributed by atoms with Gasteiger partial charge >= 0.3 is 5.97 Å². The molecular weight excluding hydrogens is 377 g/mol. The van der Waals surface area contributed by atoms with Gasteiger partial charge in [0.15, 0.2) is 11.5 Å². The van der Waals surface area contributed by atoms with Crippen LogP contribution in [0.5, 0.6) is 5.75 Å². The van der Waals surface area contributed by atoms with Gasteiger partial charge in [0.2, 0.25) is 0 Å². The minimum atomic E-state index is -1.29. The van der Waals surface area contributed by atoms with Crippen LogP contribution < -0.4 is 5.32 Å². The third-order valence-electron chi connectivity index (χ3n) is 2.34. The molecular formula is C12H8IN3O4. The summed E-state index contributed by atoms with van der Waals surface area (Å²) in [5.41, 5.74) is -0.166. The van der Waals surface area contributed by atoms with Crippen LogP contribution in [0.3, 0.4) is 0 Å². The fourth-order valence-electron chi connectivity index (χ4n) is 1.42. The number of rotatable bonds is 3. The summed E-state index contributed by atoms with van der Waals surface area (Å²) < 4.78 is 0.602. The third-order valence-corrected chi connectivity index (χ3v) is 3.25. The Morgan fingerprint density at radius 1 is 1.20 bits per heavy atom. The molecule has 0 bridgehead atoms. The predicted molar refractivity (Wildman–Crippen MR) is 77.8 cm³/mol. The van der Waals surface area contributed by atoms with Gasteiger partial charge < -0.3 is 15.5 Å². The molecule has 20 heavy (non-hydrogen) atoms. The number of aromatic hydroxyl groups is 1. The molecule has 8 heteroatoms. The number of carbonyl (C=O) groups excluding carboxylic acids is 1. The molecule has 0 atom stereocenters. The van der Waals surface area contributed by atoms with Crippen LogP contribution in [0.15, 0.2) is 30.6 Å². The SMILES string of the molecule is O=C(Nc1nccnc1C(=O)O)c1ccc(I)c(O)c1. The van der Waals surface area contributed by atoms with Crippen LogP contribution in [0.25, 0.3) is 0 Å². The largest absolute Gasteiger partial charge is 0.507 e. The summed E-state index contributed by atoms with van der Waals surface area (Å²) in [6, 6.07) is 4.36. The second-order valence-electron chi connectivity index (χ2n) is 3.68. The molecule has 0 saturated heterocycles. The maximum absolute atomic E-state index is 12.0. The average Bonchev–Trinajstić information content (AvgIpc) is 2.42. The normalized spacial score (nSPS) is 10.1. The van der Waals surface area contributed by atoms with Gasteiger partial charge in [-0.1, -0.05) is 0 Å². The first kappa shape index (κ1) is 14.2. The van der Waals surface area contributed by atoms with Crippen molar-refractivity contribution >= 4 is 40.3 Å². The van der Waals surface area contributed by atoms with Crippen molar-refractivity contribution < 1.29 is 19.8 Å². The topological polar surface area (TPSA) is 112 Å². The number of hydrogen-bond donors (Lipinski definition) is 3. The summed E-state index contributed by atoms with van der Waals surface area (Å²) in [6.45, 7) is 0. The molecule has 1 amide bonds. The van der Waals surface area contributed by atoms with Crippen molar-refractivity contribution in [2.24, 2.45) is 0 Å². The third kappa shape index (κ3) is 3.02. The molecule has 7 nitrogen and oxygen atoms in total. The number of amides is 1. The predicted octanol–water partition coefficient (Wildman–Crippen LogP) is 1.74. The highest BCUT2D eigenvalue weighted by atomic mass is 127. The van der Waals surface area contributed by atoms with E-state index in [0.29, 0.717) is 3.57 Å². The van der Waals surface area contributed by atoms with Crippen molar-refractivity contribution in [2.75, 3.05) is 5.32 Å². The lowest BCUT2D eigenvalue weighted by Crippen LogP contribution is -2.17. The van der Waals surface area contributed by atoms with Crippen molar-refractivity contribution in [3.63, 3.8) is 0 Å². The number of carboxylic acid groups (broad SMARTS) is 1. The van der Waals surface area contributed by atoms with Gasteiger partial charge in [-0.2, -0.15) is 0 Å². The molecule has 0 radical (unpaired) electrons. The van der Waals surface area contributed by atoms with Gasteiger partial charge in [-0.3, -0.25) is 4.79 Å². The lowest BCUT2D eigenvalue weighted by Gasteiger charge is -2.07. The zero-order valence-corrected chi connectivity index (χ0v) is 12.0. The van der Waals surface area contributed by atoms with Crippen LogP contribution in [-0.4, -0.2) is 32.1 Å². The van der Waals surface area contributed by atoms with E-state index in [1.165, 1.54) is 24.5 Å². The number of carbonyl (C=O) groups is 2. The Hall–Kier alpha value is -2.23. The summed E-state index contributed by atoms with van der Waals surface area (Å²) in [6.07, 6.45) is 2.49. The number of phenols is 1. The minimum absolute atomic E-state index is 0.0316. The first-order chi connectivity index (χ1) is 9.49. The highest BCUT2D eigenvalue weighted by Gasteiger charge is 2.16. The van der Waals surface area contributed by atoms with Crippen molar-refractivity contribution in [1.82, 2.24) is 9.97 Å². The number of aromatic nitrogens is 2. The van der Waals surface area contributed by atoms with Crippen LogP contribution in [-0.2, 0) is 0 Å². The molecule has 2 rings (SSSR count). The van der Waals surface area contributed by atoms with Crippen LogP contribution in [0.4, 0.5) is 5.82 Å². The average molecular weight is 385 g/mol. The fraction of sp³-hybridized carbons (Fsp3) is 0. The first-order valence-electron chi connectivity index (χ1n) is 5.33. The Kier molecular flexibility index (Phi) is 4.13. The molecule has 0 aliphatic rings. The Morgan fingerprint density at radius 2 is 1.90 bits per heavy atom. The summed E-state index contributed by atoms with van der Waals surface area (Å²) in [5.74, 6) is -2.06. The standard InChI is InChI=1S/C12H8IN3O4/c13-7-2-1-6(5-8(7)17)11(18)16-10-9(12(19)20)14-3-4-15-10/h1-5,17H,(H,19,20)(H,15,16,18). The van der Waals surface area contributed by atoms with Crippen molar-refractivity contribution in [2.45, 2.75) is 0 Å². The van der Waals surface area contributed by atoms with Gasteiger partial charge in [0.05, 0.1) is 3.57 Å². The lowest BCUT2D eigenvalue weighted by molar-refractivity contribution is 0.0691.